The molecule has 0 bridgehead atoms. The first-order valence-electron chi connectivity index (χ1n) is 6.31. The smallest absolute Gasteiger partial charge is 0.253 e. The average Bonchev–Trinajstić information content (AvgIpc) is 2.48. The fourth-order valence-electron chi connectivity index (χ4n) is 1.85. The molecule has 0 spiro atoms. The number of hydrogen-bond donors (Lipinski definition) is 2. The molecule has 0 aliphatic heterocycles. The number of anilines is 1. The van der Waals surface area contributed by atoms with Gasteiger partial charge in [0.2, 0.25) is 0 Å². The maximum Gasteiger partial charge on any atom is 0.253 e. The average molecular weight is 290 g/mol. The molecule has 0 radical (unpaired) electrons. The van der Waals surface area contributed by atoms with E-state index in [1.807, 2.05) is 37.3 Å². The summed E-state index contributed by atoms with van der Waals surface area (Å²) in [5.74, 6) is 0.386. The van der Waals surface area contributed by atoms with Gasteiger partial charge in [-0.3, -0.25) is 4.79 Å². The lowest BCUT2D eigenvalue weighted by molar-refractivity contribution is 0.0940. The summed E-state index contributed by atoms with van der Waals surface area (Å²) in [5, 5.41) is 6.15. The van der Waals surface area contributed by atoms with Crippen molar-refractivity contribution in [1.82, 2.24) is 10.3 Å². The number of pyridine rings is 1. The number of nitrogens with one attached hydrogen (secondary N) is 2. The first-order chi connectivity index (χ1) is 9.61. The molecule has 1 aromatic heterocycles. The van der Waals surface area contributed by atoms with Crippen LogP contribution >= 0.6 is 11.6 Å². The number of nitrogens with zero attached hydrogens (tertiary/aromatic N) is 1. The fourth-order valence-corrected chi connectivity index (χ4v) is 2.04. The van der Waals surface area contributed by atoms with Crippen LogP contribution in [0, 0.1) is 0 Å². The zero-order valence-corrected chi connectivity index (χ0v) is 12.1. The Kier molecular flexibility index (Phi) is 4.58. The molecule has 1 unspecified atom stereocenters. The third kappa shape index (κ3) is 3.27. The lowest BCUT2D eigenvalue weighted by Gasteiger charge is -2.15. The quantitative estimate of drug-likeness (QED) is 0.908. The Bertz CT molecular complexity index is 601. The predicted molar refractivity (Wildman–Crippen MR) is 81.1 cm³/mol. The molecule has 1 atom stereocenters. The van der Waals surface area contributed by atoms with E-state index < -0.39 is 0 Å². The highest BCUT2D eigenvalue weighted by molar-refractivity contribution is 6.33. The lowest BCUT2D eigenvalue weighted by Crippen LogP contribution is -2.27. The van der Waals surface area contributed by atoms with Crippen LogP contribution < -0.4 is 10.6 Å². The molecule has 4 nitrogen and oxygen atoms in total. The highest BCUT2D eigenvalue weighted by Crippen LogP contribution is 2.19. The van der Waals surface area contributed by atoms with E-state index in [0.29, 0.717) is 16.4 Å². The van der Waals surface area contributed by atoms with Gasteiger partial charge in [-0.2, -0.15) is 0 Å². The van der Waals surface area contributed by atoms with Crippen LogP contribution in [0.25, 0.3) is 0 Å². The number of aromatic nitrogens is 1. The molecule has 1 amide bonds. The second kappa shape index (κ2) is 6.39. The molecule has 5 heteroatoms. The van der Waals surface area contributed by atoms with Gasteiger partial charge < -0.3 is 10.6 Å². The minimum absolute atomic E-state index is 0.0917. The Morgan fingerprint density at radius 2 is 2.00 bits per heavy atom. The van der Waals surface area contributed by atoms with Crippen molar-refractivity contribution in [2.45, 2.75) is 13.0 Å². The fraction of sp³-hybridized carbons (Fsp3) is 0.200. The van der Waals surface area contributed by atoms with Crippen LogP contribution in [0.5, 0.6) is 0 Å². The highest BCUT2D eigenvalue weighted by Gasteiger charge is 2.15. The van der Waals surface area contributed by atoms with Crippen molar-refractivity contribution in [1.29, 1.82) is 0 Å². The van der Waals surface area contributed by atoms with Crippen LogP contribution in [-0.2, 0) is 0 Å². The van der Waals surface area contributed by atoms with Gasteiger partial charge in [-0.25, -0.2) is 4.98 Å². The molecule has 2 N–H and O–H groups in total. The van der Waals surface area contributed by atoms with E-state index in [-0.39, 0.29) is 11.9 Å². The Morgan fingerprint density at radius 3 is 2.65 bits per heavy atom. The van der Waals surface area contributed by atoms with Gasteiger partial charge in [-0.05, 0) is 18.6 Å². The van der Waals surface area contributed by atoms with E-state index in [2.05, 4.69) is 15.6 Å². The molecule has 0 fully saturated rings. The Labute approximate surface area is 123 Å². The maximum absolute atomic E-state index is 12.3. The topological polar surface area (TPSA) is 54.0 Å². The van der Waals surface area contributed by atoms with Crippen LogP contribution in [0.4, 0.5) is 5.82 Å². The maximum atomic E-state index is 12.3. The minimum atomic E-state index is -0.217. The van der Waals surface area contributed by atoms with Crippen molar-refractivity contribution in [2.75, 3.05) is 12.4 Å². The predicted octanol–water partition coefficient (Wildman–Crippen LogP) is 3.27. The summed E-state index contributed by atoms with van der Waals surface area (Å²) in [6.07, 6.45) is 1.47. The molecule has 20 heavy (non-hydrogen) atoms. The Morgan fingerprint density at radius 1 is 1.30 bits per heavy atom. The normalized spacial score (nSPS) is 11.8. The summed E-state index contributed by atoms with van der Waals surface area (Å²) >= 11 is 6.03. The van der Waals surface area contributed by atoms with Crippen molar-refractivity contribution in [2.24, 2.45) is 0 Å². The molecular weight excluding hydrogens is 274 g/mol. The number of carbonyl (C=O) groups is 1. The molecule has 0 aliphatic carbocycles. The van der Waals surface area contributed by atoms with Gasteiger partial charge in [-0.1, -0.05) is 41.9 Å². The SMILES string of the molecule is CNc1cc(C(=O)NC(C)c2ccccc2)c(Cl)cn1. The summed E-state index contributed by atoms with van der Waals surface area (Å²) in [4.78, 5) is 16.3. The first kappa shape index (κ1) is 14.3. The van der Waals surface area contributed by atoms with Crippen LogP contribution in [0.3, 0.4) is 0 Å². The number of hydrogen-bond acceptors (Lipinski definition) is 3. The van der Waals surface area contributed by atoms with Gasteiger partial charge in [0.1, 0.15) is 5.82 Å². The van der Waals surface area contributed by atoms with E-state index in [9.17, 15) is 4.79 Å². The standard InChI is InChI=1S/C15H16ClN3O/c1-10(11-6-4-3-5-7-11)19-15(20)12-8-14(17-2)18-9-13(12)16/h3-10H,1-2H3,(H,17,18)(H,19,20). The Balaban J connectivity index is 2.16. The first-order valence-corrected chi connectivity index (χ1v) is 6.68. The third-order valence-corrected chi connectivity index (χ3v) is 3.30. The molecular formula is C15H16ClN3O. The number of amides is 1. The molecule has 1 heterocycles. The molecule has 0 saturated carbocycles. The number of halogens is 1. The second-order valence-electron chi connectivity index (χ2n) is 4.41. The molecule has 0 saturated heterocycles. The summed E-state index contributed by atoms with van der Waals surface area (Å²) < 4.78 is 0. The van der Waals surface area contributed by atoms with E-state index in [1.165, 1.54) is 6.20 Å². The zero-order valence-electron chi connectivity index (χ0n) is 11.4. The van der Waals surface area contributed by atoms with Gasteiger partial charge in [0.15, 0.2) is 0 Å². The van der Waals surface area contributed by atoms with Gasteiger partial charge >= 0.3 is 0 Å². The molecule has 2 rings (SSSR count). The largest absolute Gasteiger partial charge is 0.373 e. The summed E-state index contributed by atoms with van der Waals surface area (Å²) in [6, 6.07) is 11.3. The minimum Gasteiger partial charge on any atom is -0.373 e. The van der Waals surface area contributed by atoms with E-state index >= 15 is 0 Å². The van der Waals surface area contributed by atoms with Gasteiger partial charge in [0, 0.05) is 13.2 Å². The molecule has 104 valence electrons. The van der Waals surface area contributed by atoms with Crippen molar-refractivity contribution in [3.63, 3.8) is 0 Å². The number of carbonyl (C=O) groups excluding carboxylic acids is 1. The van der Waals surface area contributed by atoms with Crippen LogP contribution in [0.15, 0.2) is 42.6 Å². The zero-order chi connectivity index (χ0) is 14.5. The molecule has 2 aromatic rings. The van der Waals surface area contributed by atoms with Crippen LogP contribution in [-0.4, -0.2) is 17.9 Å². The number of rotatable bonds is 4. The summed E-state index contributed by atoms with van der Waals surface area (Å²) in [6.45, 7) is 1.93. The van der Waals surface area contributed by atoms with Crippen LogP contribution in [0.1, 0.15) is 28.9 Å². The van der Waals surface area contributed by atoms with Crippen molar-refractivity contribution >= 4 is 23.3 Å². The highest BCUT2D eigenvalue weighted by atomic mass is 35.5. The van der Waals surface area contributed by atoms with Gasteiger partial charge in [0.05, 0.1) is 16.6 Å². The van der Waals surface area contributed by atoms with Gasteiger partial charge in [0.25, 0.3) is 5.91 Å². The van der Waals surface area contributed by atoms with Crippen LogP contribution in [0.2, 0.25) is 5.02 Å². The monoisotopic (exact) mass is 289 g/mol. The van der Waals surface area contributed by atoms with Crippen molar-refractivity contribution in [3.05, 3.63) is 58.7 Å². The second-order valence-corrected chi connectivity index (χ2v) is 4.81. The summed E-state index contributed by atoms with van der Waals surface area (Å²) in [5.41, 5.74) is 1.45. The number of benzene rings is 1. The summed E-state index contributed by atoms with van der Waals surface area (Å²) in [7, 11) is 1.74. The van der Waals surface area contributed by atoms with E-state index in [1.54, 1.807) is 13.1 Å². The van der Waals surface area contributed by atoms with E-state index in [0.717, 1.165) is 5.56 Å². The lowest BCUT2D eigenvalue weighted by atomic mass is 10.1. The third-order valence-electron chi connectivity index (χ3n) is 3.00. The van der Waals surface area contributed by atoms with Crippen molar-refractivity contribution < 1.29 is 4.79 Å². The molecule has 0 aliphatic rings. The van der Waals surface area contributed by atoms with Crippen molar-refractivity contribution in [3.8, 4) is 0 Å². The molecule has 1 aromatic carbocycles. The van der Waals surface area contributed by atoms with E-state index in [4.69, 9.17) is 11.6 Å². The Hall–Kier alpha value is -2.07. The van der Waals surface area contributed by atoms with Gasteiger partial charge in [-0.15, -0.1) is 0 Å².